The lowest BCUT2D eigenvalue weighted by Crippen LogP contribution is -2.19. The van der Waals surface area contributed by atoms with Crippen molar-refractivity contribution >= 4 is 33.2 Å². The largest absolute Gasteiger partial charge is 0.309 e. The summed E-state index contributed by atoms with van der Waals surface area (Å²) < 4.78 is 0. The summed E-state index contributed by atoms with van der Waals surface area (Å²) in [6.07, 6.45) is 4.02. The van der Waals surface area contributed by atoms with Crippen LogP contribution >= 0.6 is 22.9 Å². The number of rotatable bonds is 3. The molecule has 0 fully saturated rings. The zero-order valence-corrected chi connectivity index (χ0v) is 14.3. The van der Waals surface area contributed by atoms with E-state index in [0.717, 1.165) is 35.4 Å². The third kappa shape index (κ3) is 2.64. The Kier molecular flexibility index (Phi) is 4.10. The van der Waals surface area contributed by atoms with Gasteiger partial charge in [-0.05, 0) is 43.1 Å². The average Bonchev–Trinajstić information content (AvgIpc) is 2.83. The number of nitrogens with one attached hydrogen (secondary N) is 1. The van der Waals surface area contributed by atoms with E-state index in [1.807, 2.05) is 6.92 Å². The van der Waals surface area contributed by atoms with E-state index in [-0.39, 0.29) is 10.9 Å². The lowest BCUT2D eigenvalue weighted by molar-refractivity contribution is 0.346. The lowest BCUT2D eigenvalue weighted by Gasteiger charge is -2.25. The van der Waals surface area contributed by atoms with Gasteiger partial charge in [0, 0.05) is 4.88 Å². The quantitative estimate of drug-likeness (QED) is 0.849. The van der Waals surface area contributed by atoms with Crippen LogP contribution in [0.2, 0.25) is 0 Å². The second-order valence-electron chi connectivity index (χ2n) is 6.26. The Morgan fingerprint density at radius 2 is 2.24 bits per heavy atom. The summed E-state index contributed by atoms with van der Waals surface area (Å²) in [7, 11) is 0. The number of aromatic amines is 1. The molecule has 0 radical (unpaired) electrons. The van der Waals surface area contributed by atoms with Crippen molar-refractivity contribution in [3.05, 3.63) is 26.6 Å². The van der Waals surface area contributed by atoms with Gasteiger partial charge in [0.2, 0.25) is 0 Å². The molecule has 2 aromatic rings. The molecule has 1 N–H and O–H groups in total. The van der Waals surface area contributed by atoms with Gasteiger partial charge in [0.05, 0.1) is 10.8 Å². The van der Waals surface area contributed by atoms with Crippen LogP contribution in [0.15, 0.2) is 4.79 Å². The highest BCUT2D eigenvalue weighted by atomic mass is 35.5. The zero-order chi connectivity index (χ0) is 15.1. The Morgan fingerprint density at radius 3 is 2.90 bits per heavy atom. The number of aryl methyl sites for hydroxylation is 1. The molecule has 0 amide bonds. The molecule has 0 bridgehead atoms. The summed E-state index contributed by atoms with van der Waals surface area (Å²) in [5.74, 6) is 2.02. The number of halogens is 1. The Hall–Kier alpha value is -0.870. The van der Waals surface area contributed by atoms with Crippen molar-refractivity contribution in [3.63, 3.8) is 0 Å². The molecule has 3 nitrogen and oxygen atoms in total. The van der Waals surface area contributed by atoms with Crippen LogP contribution in [0.5, 0.6) is 0 Å². The first-order valence-electron chi connectivity index (χ1n) is 7.69. The minimum atomic E-state index is -0.218. The third-order valence-electron chi connectivity index (χ3n) is 4.57. The molecule has 1 aliphatic carbocycles. The highest BCUT2D eigenvalue weighted by Crippen LogP contribution is 2.38. The van der Waals surface area contributed by atoms with Crippen LogP contribution in [-0.2, 0) is 12.8 Å². The van der Waals surface area contributed by atoms with E-state index >= 15 is 0 Å². The molecule has 21 heavy (non-hydrogen) atoms. The monoisotopic (exact) mass is 324 g/mol. The Bertz CT molecular complexity index is 719. The van der Waals surface area contributed by atoms with E-state index in [1.165, 1.54) is 16.9 Å². The van der Waals surface area contributed by atoms with Gasteiger partial charge < -0.3 is 4.98 Å². The maximum Gasteiger partial charge on any atom is 0.259 e. The standard InChI is InChI=1S/C16H21ClN2OS/c1-4-11(17)14-18-15(20)13-10-6-5-9(8(2)3)7-12(10)21-16(13)19-14/h8-9,11H,4-7H2,1-3H3,(H,18,19,20). The Balaban J connectivity index is 2.10. The van der Waals surface area contributed by atoms with E-state index in [4.69, 9.17) is 11.6 Å². The minimum absolute atomic E-state index is 0.0189. The number of alkyl halides is 1. The van der Waals surface area contributed by atoms with E-state index in [0.29, 0.717) is 11.7 Å². The molecule has 2 unspecified atom stereocenters. The molecule has 0 aliphatic heterocycles. The molecule has 1 aliphatic rings. The molecule has 114 valence electrons. The molecule has 3 rings (SSSR count). The molecule has 0 spiro atoms. The van der Waals surface area contributed by atoms with Crippen LogP contribution in [-0.4, -0.2) is 9.97 Å². The maximum absolute atomic E-state index is 12.4. The molecule has 0 aromatic carbocycles. The van der Waals surface area contributed by atoms with Crippen molar-refractivity contribution < 1.29 is 0 Å². The van der Waals surface area contributed by atoms with Gasteiger partial charge >= 0.3 is 0 Å². The predicted octanol–water partition coefficient (Wildman–Crippen LogP) is 4.44. The van der Waals surface area contributed by atoms with Gasteiger partial charge in [-0.15, -0.1) is 22.9 Å². The molecule has 2 aromatic heterocycles. The first-order valence-corrected chi connectivity index (χ1v) is 8.95. The van der Waals surface area contributed by atoms with Gasteiger partial charge in [-0.2, -0.15) is 0 Å². The van der Waals surface area contributed by atoms with Crippen LogP contribution < -0.4 is 5.56 Å². The molecule has 2 atom stereocenters. The number of hydrogen-bond donors (Lipinski definition) is 1. The van der Waals surface area contributed by atoms with Crippen molar-refractivity contribution in [1.29, 1.82) is 0 Å². The SMILES string of the molecule is CCC(Cl)c1nc2sc3c(c2c(=O)[nH]1)CCC(C(C)C)C3. The second kappa shape index (κ2) is 5.73. The first kappa shape index (κ1) is 15.0. The van der Waals surface area contributed by atoms with E-state index in [2.05, 4.69) is 23.8 Å². The highest BCUT2D eigenvalue weighted by molar-refractivity contribution is 7.18. The summed E-state index contributed by atoms with van der Waals surface area (Å²) in [4.78, 5) is 22.1. The third-order valence-corrected chi connectivity index (χ3v) is 6.24. The van der Waals surface area contributed by atoms with Crippen LogP contribution in [0.4, 0.5) is 0 Å². The molecule has 5 heteroatoms. The number of H-pyrrole nitrogens is 1. The van der Waals surface area contributed by atoms with Gasteiger partial charge in [-0.25, -0.2) is 4.98 Å². The number of fused-ring (bicyclic) bond motifs is 3. The zero-order valence-electron chi connectivity index (χ0n) is 12.7. The van der Waals surface area contributed by atoms with Crippen LogP contribution in [0.1, 0.15) is 55.3 Å². The molecule has 0 saturated heterocycles. The predicted molar refractivity (Wildman–Crippen MR) is 89.5 cm³/mol. The molecule has 2 heterocycles. The summed E-state index contributed by atoms with van der Waals surface area (Å²) in [5, 5.41) is 0.588. The maximum atomic E-state index is 12.4. The molecule has 0 saturated carbocycles. The fourth-order valence-electron chi connectivity index (χ4n) is 3.14. The normalized spacial score (nSPS) is 20.0. The first-order chi connectivity index (χ1) is 10.0. The van der Waals surface area contributed by atoms with Crippen molar-refractivity contribution in [2.45, 2.75) is 51.8 Å². The fraction of sp³-hybridized carbons (Fsp3) is 0.625. The average molecular weight is 325 g/mol. The number of thiophene rings is 1. The van der Waals surface area contributed by atoms with Crippen molar-refractivity contribution in [1.82, 2.24) is 9.97 Å². The van der Waals surface area contributed by atoms with Crippen LogP contribution in [0.25, 0.3) is 10.2 Å². The lowest BCUT2D eigenvalue weighted by atomic mass is 9.81. The summed E-state index contributed by atoms with van der Waals surface area (Å²) in [6, 6.07) is 0. The van der Waals surface area contributed by atoms with E-state index in [1.54, 1.807) is 11.3 Å². The fourth-order valence-corrected chi connectivity index (χ4v) is 4.56. The Morgan fingerprint density at radius 1 is 1.48 bits per heavy atom. The summed E-state index contributed by atoms with van der Waals surface area (Å²) in [6.45, 7) is 6.56. The van der Waals surface area contributed by atoms with Crippen LogP contribution in [0, 0.1) is 11.8 Å². The van der Waals surface area contributed by atoms with Crippen molar-refractivity contribution in [3.8, 4) is 0 Å². The van der Waals surface area contributed by atoms with Gasteiger partial charge in [-0.1, -0.05) is 20.8 Å². The topological polar surface area (TPSA) is 45.8 Å². The minimum Gasteiger partial charge on any atom is -0.309 e. The summed E-state index contributed by atoms with van der Waals surface area (Å²) >= 11 is 7.91. The second-order valence-corrected chi connectivity index (χ2v) is 7.87. The number of aromatic nitrogens is 2. The van der Waals surface area contributed by atoms with E-state index in [9.17, 15) is 4.79 Å². The number of hydrogen-bond acceptors (Lipinski definition) is 3. The van der Waals surface area contributed by atoms with Crippen LogP contribution in [0.3, 0.4) is 0 Å². The van der Waals surface area contributed by atoms with Gasteiger partial charge in [0.25, 0.3) is 5.56 Å². The van der Waals surface area contributed by atoms with Gasteiger partial charge in [-0.3, -0.25) is 4.79 Å². The van der Waals surface area contributed by atoms with Crippen molar-refractivity contribution in [2.24, 2.45) is 11.8 Å². The smallest absolute Gasteiger partial charge is 0.259 e. The van der Waals surface area contributed by atoms with Gasteiger partial charge in [0.15, 0.2) is 0 Å². The molecular weight excluding hydrogens is 304 g/mol. The Labute approximate surface area is 133 Å². The summed E-state index contributed by atoms with van der Waals surface area (Å²) in [5.41, 5.74) is 1.21. The van der Waals surface area contributed by atoms with Gasteiger partial charge in [0.1, 0.15) is 10.7 Å². The number of nitrogens with zero attached hydrogens (tertiary/aromatic N) is 1. The molecular formula is C16H21ClN2OS. The highest BCUT2D eigenvalue weighted by Gasteiger charge is 2.26. The van der Waals surface area contributed by atoms with E-state index < -0.39 is 0 Å². The van der Waals surface area contributed by atoms with Crippen molar-refractivity contribution in [2.75, 3.05) is 0 Å².